The maximum atomic E-state index is 13.1. The quantitative estimate of drug-likeness (QED) is 0.292. The zero-order valence-corrected chi connectivity index (χ0v) is 22.0. The van der Waals surface area contributed by atoms with Crippen molar-refractivity contribution in [2.75, 3.05) is 17.6 Å². The van der Waals surface area contributed by atoms with E-state index >= 15 is 0 Å². The molecule has 0 amide bonds. The Labute approximate surface area is 209 Å². The topological polar surface area (TPSA) is 92.9 Å². The molecular formula is C21H19Br2N5O2S2. The van der Waals surface area contributed by atoms with Crippen molar-refractivity contribution in [2.24, 2.45) is 0 Å². The fourth-order valence-corrected chi connectivity index (χ4v) is 6.19. The van der Waals surface area contributed by atoms with Crippen molar-refractivity contribution in [1.82, 2.24) is 19.7 Å². The number of benzene rings is 2. The molecule has 0 aliphatic heterocycles. The Morgan fingerprint density at radius 1 is 1.19 bits per heavy atom. The molecule has 166 valence electrons. The molecule has 32 heavy (non-hydrogen) atoms. The Balaban J connectivity index is 1.46. The monoisotopic (exact) mass is 595 g/mol. The lowest BCUT2D eigenvalue weighted by atomic mass is 10.2. The molecule has 0 fully saturated rings. The molecule has 1 unspecified atom stereocenters. The molecule has 0 saturated heterocycles. The fraction of sp³-hybridized carbons (Fsp3) is 0.238. The van der Waals surface area contributed by atoms with E-state index < -0.39 is 6.10 Å². The first-order valence-electron chi connectivity index (χ1n) is 9.65. The Morgan fingerprint density at radius 3 is 2.69 bits per heavy atom. The molecular weight excluding hydrogens is 578 g/mol. The van der Waals surface area contributed by atoms with Crippen LogP contribution >= 0.6 is 55.0 Å². The normalized spacial score (nSPS) is 12.3. The van der Waals surface area contributed by atoms with Crippen molar-refractivity contribution in [3.63, 3.8) is 0 Å². The summed E-state index contributed by atoms with van der Waals surface area (Å²) in [4.78, 5) is 17.7. The summed E-state index contributed by atoms with van der Waals surface area (Å²) < 4.78 is 3.68. The molecule has 2 aromatic carbocycles. The van der Waals surface area contributed by atoms with Gasteiger partial charge in [0.1, 0.15) is 5.82 Å². The molecule has 4 rings (SSSR count). The van der Waals surface area contributed by atoms with Crippen LogP contribution in [0.25, 0.3) is 16.0 Å². The van der Waals surface area contributed by atoms with Crippen molar-refractivity contribution in [3.8, 4) is 5.13 Å². The summed E-state index contributed by atoms with van der Waals surface area (Å²) in [6.07, 6.45) is -0.560. The Morgan fingerprint density at radius 2 is 1.94 bits per heavy atom. The predicted octanol–water partition coefficient (Wildman–Crippen LogP) is 4.94. The number of halogens is 2. The fourth-order valence-electron chi connectivity index (χ4n) is 3.03. The third-order valence-corrected chi connectivity index (χ3v) is 7.89. The number of aliphatic hydroxyl groups excluding tert-OH is 1. The van der Waals surface area contributed by atoms with Crippen molar-refractivity contribution < 1.29 is 5.11 Å². The molecule has 0 aliphatic carbocycles. The van der Waals surface area contributed by atoms with E-state index in [1.54, 1.807) is 13.0 Å². The molecule has 4 aromatic rings. The van der Waals surface area contributed by atoms with E-state index in [2.05, 4.69) is 52.4 Å². The molecule has 11 heteroatoms. The first-order chi connectivity index (χ1) is 15.3. The van der Waals surface area contributed by atoms with E-state index in [4.69, 9.17) is 0 Å². The standard InChI is InChI=1S/C21H19Br2N5O2S2/c1-11-3-5-14(6-4-11)24-9-15(29)10-31-21-27-26-20(32-21)28-12(2)25-18-16(19(28)30)7-13(22)8-17(18)23/h3-8,15,24,29H,9-10H2,1-2H3. The highest BCUT2D eigenvalue weighted by Gasteiger charge is 2.17. The average molecular weight is 597 g/mol. The van der Waals surface area contributed by atoms with Crippen molar-refractivity contribution in [3.05, 3.63) is 67.1 Å². The highest BCUT2D eigenvalue weighted by Crippen LogP contribution is 2.28. The number of thioether (sulfide) groups is 1. The van der Waals surface area contributed by atoms with Crippen molar-refractivity contribution in [2.45, 2.75) is 24.3 Å². The third kappa shape index (κ3) is 5.23. The van der Waals surface area contributed by atoms with Crippen molar-refractivity contribution in [1.29, 1.82) is 0 Å². The van der Waals surface area contributed by atoms with Crippen LogP contribution in [0.2, 0.25) is 0 Å². The largest absolute Gasteiger partial charge is 0.390 e. The van der Waals surface area contributed by atoms with Gasteiger partial charge in [-0.15, -0.1) is 10.2 Å². The van der Waals surface area contributed by atoms with Crippen LogP contribution in [0.4, 0.5) is 5.69 Å². The number of aliphatic hydroxyl groups is 1. The number of fused-ring (bicyclic) bond motifs is 1. The van der Waals surface area contributed by atoms with E-state index in [0.29, 0.717) is 38.5 Å². The minimum Gasteiger partial charge on any atom is -0.390 e. The lowest BCUT2D eigenvalue weighted by Crippen LogP contribution is -2.22. The summed E-state index contributed by atoms with van der Waals surface area (Å²) in [5.74, 6) is 0.984. The van der Waals surface area contributed by atoms with Crippen LogP contribution in [0.3, 0.4) is 0 Å². The zero-order chi connectivity index (χ0) is 22.8. The van der Waals surface area contributed by atoms with Gasteiger partial charge in [-0.2, -0.15) is 0 Å². The number of nitrogens with zero attached hydrogens (tertiary/aromatic N) is 4. The predicted molar refractivity (Wildman–Crippen MR) is 137 cm³/mol. The van der Waals surface area contributed by atoms with Gasteiger partial charge in [0.05, 0.1) is 17.0 Å². The SMILES string of the molecule is Cc1ccc(NCC(O)CSc2nnc(-n3c(C)nc4c(Br)cc(Br)cc4c3=O)s2)cc1. The summed E-state index contributed by atoms with van der Waals surface area (Å²) in [7, 11) is 0. The number of hydrogen-bond donors (Lipinski definition) is 2. The molecule has 2 N–H and O–H groups in total. The first kappa shape index (κ1) is 23.4. The Hall–Kier alpha value is -1.79. The third-order valence-electron chi connectivity index (χ3n) is 4.64. The summed E-state index contributed by atoms with van der Waals surface area (Å²) in [6.45, 7) is 4.23. The first-order valence-corrected chi connectivity index (χ1v) is 13.0. The van der Waals surface area contributed by atoms with Gasteiger partial charge in [-0.3, -0.25) is 4.79 Å². The second kappa shape index (κ2) is 10.0. The zero-order valence-electron chi connectivity index (χ0n) is 17.2. The molecule has 2 aromatic heterocycles. The van der Waals surface area contributed by atoms with E-state index in [-0.39, 0.29) is 5.56 Å². The number of hydrogen-bond acceptors (Lipinski definition) is 8. The molecule has 0 bridgehead atoms. The molecule has 0 radical (unpaired) electrons. The summed E-state index contributed by atoms with van der Waals surface area (Å²) in [5.41, 5.74) is 2.56. The van der Waals surface area contributed by atoms with Crippen LogP contribution in [-0.2, 0) is 0 Å². The maximum Gasteiger partial charge on any atom is 0.267 e. The van der Waals surface area contributed by atoms with Gasteiger partial charge in [-0.1, -0.05) is 56.7 Å². The molecule has 1 atom stereocenters. The lowest BCUT2D eigenvalue weighted by molar-refractivity contribution is 0.213. The second-order valence-electron chi connectivity index (χ2n) is 7.15. The van der Waals surface area contributed by atoms with E-state index in [1.165, 1.54) is 33.2 Å². The molecule has 2 heterocycles. The van der Waals surface area contributed by atoms with Gasteiger partial charge in [0.2, 0.25) is 5.13 Å². The van der Waals surface area contributed by atoms with Gasteiger partial charge in [0.15, 0.2) is 4.34 Å². The summed E-state index contributed by atoms with van der Waals surface area (Å²) in [5, 5.41) is 22.8. The van der Waals surface area contributed by atoms with Gasteiger partial charge >= 0.3 is 0 Å². The van der Waals surface area contributed by atoms with E-state index in [9.17, 15) is 9.90 Å². The Kier molecular flexibility index (Phi) is 7.30. The van der Waals surface area contributed by atoms with Gasteiger partial charge in [0.25, 0.3) is 5.56 Å². The van der Waals surface area contributed by atoms with Gasteiger partial charge < -0.3 is 10.4 Å². The number of rotatable bonds is 7. The highest BCUT2D eigenvalue weighted by molar-refractivity contribution is 9.11. The minimum atomic E-state index is -0.560. The molecule has 0 saturated carbocycles. The number of anilines is 1. The van der Waals surface area contributed by atoms with Crippen LogP contribution in [0.1, 0.15) is 11.4 Å². The Bertz CT molecular complexity index is 1320. The van der Waals surface area contributed by atoms with Crippen LogP contribution in [0, 0.1) is 13.8 Å². The van der Waals surface area contributed by atoms with Crippen LogP contribution in [0.15, 0.2) is 54.5 Å². The van der Waals surface area contributed by atoms with Crippen LogP contribution in [0.5, 0.6) is 0 Å². The minimum absolute atomic E-state index is 0.204. The molecule has 0 spiro atoms. The van der Waals surface area contributed by atoms with Crippen molar-refractivity contribution >= 4 is 71.5 Å². The number of aryl methyl sites for hydroxylation is 2. The van der Waals surface area contributed by atoms with Gasteiger partial charge in [-0.25, -0.2) is 9.55 Å². The smallest absolute Gasteiger partial charge is 0.267 e. The number of aromatic nitrogens is 4. The number of nitrogens with one attached hydrogen (secondary N) is 1. The second-order valence-corrected chi connectivity index (χ2v) is 11.1. The highest BCUT2D eigenvalue weighted by atomic mass is 79.9. The summed E-state index contributed by atoms with van der Waals surface area (Å²) in [6, 6.07) is 11.6. The van der Waals surface area contributed by atoms with Gasteiger partial charge in [-0.05, 0) is 54.0 Å². The van der Waals surface area contributed by atoms with E-state index in [0.717, 1.165) is 14.6 Å². The summed E-state index contributed by atoms with van der Waals surface area (Å²) >= 11 is 9.59. The van der Waals surface area contributed by atoms with Gasteiger partial charge in [0, 0.05) is 26.9 Å². The lowest BCUT2D eigenvalue weighted by Gasteiger charge is -2.11. The van der Waals surface area contributed by atoms with Crippen LogP contribution in [-0.4, -0.2) is 43.3 Å². The van der Waals surface area contributed by atoms with E-state index in [1.807, 2.05) is 37.3 Å². The average Bonchev–Trinajstić information content (AvgIpc) is 3.21. The molecule has 7 nitrogen and oxygen atoms in total. The van der Waals surface area contributed by atoms with Crippen LogP contribution < -0.4 is 10.9 Å². The molecule has 0 aliphatic rings. The maximum absolute atomic E-state index is 13.1.